The molecule has 2 aromatic rings. The van der Waals surface area contributed by atoms with Gasteiger partial charge in [0.25, 0.3) is 0 Å². The fourth-order valence-corrected chi connectivity index (χ4v) is 3.66. The predicted molar refractivity (Wildman–Crippen MR) is 82.6 cm³/mol. The summed E-state index contributed by atoms with van der Waals surface area (Å²) in [6, 6.07) is 9.52. The summed E-state index contributed by atoms with van der Waals surface area (Å²) in [4.78, 5) is 0.0301. The Balaban J connectivity index is 2.52. The minimum atomic E-state index is -0.179. The molecule has 0 bridgehead atoms. The van der Waals surface area contributed by atoms with E-state index in [0.717, 1.165) is 11.1 Å². The van der Waals surface area contributed by atoms with E-state index in [1.807, 2.05) is 13.0 Å². The van der Waals surface area contributed by atoms with Crippen LogP contribution in [0.3, 0.4) is 0 Å². The third-order valence-electron chi connectivity index (χ3n) is 3.35. The summed E-state index contributed by atoms with van der Waals surface area (Å²) >= 11 is 3.72. The summed E-state index contributed by atoms with van der Waals surface area (Å²) in [5, 5.41) is 0. The average Bonchev–Trinajstić information content (AvgIpc) is 2.25. The lowest BCUT2D eigenvalue weighted by Gasteiger charge is -2.18. The van der Waals surface area contributed by atoms with E-state index >= 15 is 0 Å². The van der Waals surface area contributed by atoms with Crippen LogP contribution in [0.5, 0.6) is 0 Å². The molecule has 0 heterocycles. The van der Waals surface area contributed by atoms with Gasteiger partial charge in [-0.1, -0.05) is 39.7 Å². The van der Waals surface area contributed by atoms with E-state index in [-0.39, 0.29) is 10.6 Å². The number of hydrogen-bond donors (Lipinski definition) is 0. The van der Waals surface area contributed by atoms with E-state index in [0.29, 0.717) is 0 Å². The first-order valence-electron chi connectivity index (χ1n) is 6.37. The van der Waals surface area contributed by atoms with Gasteiger partial charge in [-0.3, -0.25) is 0 Å². The monoisotopic (exact) mass is 320 g/mol. The van der Waals surface area contributed by atoms with Crippen molar-refractivity contribution in [1.29, 1.82) is 0 Å². The maximum absolute atomic E-state index is 13.5. The van der Waals surface area contributed by atoms with Crippen molar-refractivity contribution in [2.45, 2.75) is 32.5 Å². The zero-order valence-electron chi connectivity index (χ0n) is 11.7. The molecule has 0 amide bonds. The third-order valence-corrected chi connectivity index (χ3v) is 4.34. The standard InChI is InChI=1S/C17H18BrF/c1-10-5-12(3)16(13(4)6-10)17(18)14-7-11(2)8-15(19)9-14/h5-9,17H,1-4H3. The van der Waals surface area contributed by atoms with Gasteiger partial charge in [-0.15, -0.1) is 0 Å². The van der Waals surface area contributed by atoms with Gasteiger partial charge in [0.1, 0.15) is 5.82 Å². The molecule has 2 heteroatoms. The third kappa shape index (κ3) is 3.06. The number of benzene rings is 2. The van der Waals surface area contributed by atoms with Gasteiger partial charge in [0.15, 0.2) is 0 Å². The zero-order chi connectivity index (χ0) is 14.2. The molecule has 0 saturated carbocycles. The predicted octanol–water partition coefficient (Wildman–Crippen LogP) is 5.54. The van der Waals surface area contributed by atoms with Gasteiger partial charge in [-0.2, -0.15) is 0 Å². The smallest absolute Gasteiger partial charge is 0.123 e. The van der Waals surface area contributed by atoms with Gasteiger partial charge < -0.3 is 0 Å². The lowest BCUT2D eigenvalue weighted by Crippen LogP contribution is -2.01. The van der Waals surface area contributed by atoms with Crippen LogP contribution in [0.25, 0.3) is 0 Å². The molecule has 0 spiro atoms. The fourth-order valence-electron chi connectivity index (χ4n) is 2.67. The average molecular weight is 321 g/mol. The molecule has 0 fully saturated rings. The quantitative estimate of drug-likeness (QED) is 0.637. The van der Waals surface area contributed by atoms with E-state index < -0.39 is 0 Å². The van der Waals surface area contributed by atoms with Crippen molar-refractivity contribution < 1.29 is 4.39 Å². The summed E-state index contributed by atoms with van der Waals surface area (Å²) in [7, 11) is 0. The minimum absolute atomic E-state index is 0.0301. The molecule has 0 radical (unpaired) electrons. The summed E-state index contributed by atoms with van der Waals surface area (Å²) in [6.07, 6.45) is 0. The second-order valence-electron chi connectivity index (χ2n) is 5.24. The first-order chi connectivity index (χ1) is 8.88. The number of hydrogen-bond acceptors (Lipinski definition) is 0. The lowest BCUT2D eigenvalue weighted by atomic mass is 9.93. The summed E-state index contributed by atoms with van der Waals surface area (Å²) < 4.78 is 13.5. The second kappa shape index (κ2) is 5.46. The van der Waals surface area contributed by atoms with Crippen molar-refractivity contribution in [3.05, 3.63) is 69.5 Å². The molecule has 0 nitrogen and oxygen atoms in total. The molecule has 2 aromatic carbocycles. The Morgan fingerprint density at radius 3 is 1.89 bits per heavy atom. The van der Waals surface area contributed by atoms with E-state index in [1.54, 1.807) is 12.1 Å². The van der Waals surface area contributed by atoms with Crippen LogP contribution in [-0.4, -0.2) is 0 Å². The van der Waals surface area contributed by atoms with Crippen molar-refractivity contribution in [3.8, 4) is 0 Å². The molecule has 0 aromatic heterocycles. The van der Waals surface area contributed by atoms with Crippen LogP contribution in [0.15, 0.2) is 30.3 Å². The Kier molecular flexibility index (Phi) is 4.10. The molecular formula is C17H18BrF. The van der Waals surface area contributed by atoms with E-state index in [4.69, 9.17) is 0 Å². The molecule has 0 aliphatic carbocycles. The summed E-state index contributed by atoms with van der Waals surface area (Å²) in [6.45, 7) is 8.23. The SMILES string of the molecule is Cc1cc(F)cc(C(Br)c2c(C)cc(C)cc2C)c1. The van der Waals surface area contributed by atoms with Crippen molar-refractivity contribution in [2.24, 2.45) is 0 Å². The zero-order valence-corrected chi connectivity index (χ0v) is 13.3. The Morgan fingerprint density at radius 1 is 0.842 bits per heavy atom. The van der Waals surface area contributed by atoms with Gasteiger partial charge in [0.05, 0.1) is 4.83 Å². The molecule has 1 unspecified atom stereocenters. The molecule has 2 rings (SSSR count). The molecule has 100 valence electrons. The first-order valence-corrected chi connectivity index (χ1v) is 7.29. The van der Waals surface area contributed by atoms with Crippen LogP contribution in [0.1, 0.15) is 38.2 Å². The van der Waals surface area contributed by atoms with Gasteiger partial charge in [0, 0.05) is 0 Å². The van der Waals surface area contributed by atoms with Crippen molar-refractivity contribution in [1.82, 2.24) is 0 Å². The van der Waals surface area contributed by atoms with Crippen LogP contribution in [0.4, 0.5) is 4.39 Å². The largest absolute Gasteiger partial charge is 0.207 e. The highest BCUT2D eigenvalue weighted by Gasteiger charge is 2.16. The molecule has 0 aliphatic heterocycles. The Bertz CT molecular complexity index is 573. The molecule has 0 N–H and O–H groups in total. The summed E-state index contributed by atoms with van der Waals surface area (Å²) in [5.41, 5.74) is 6.88. The van der Waals surface area contributed by atoms with Gasteiger partial charge in [0.2, 0.25) is 0 Å². The number of aryl methyl sites for hydroxylation is 4. The first kappa shape index (κ1) is 14.3. The van der Waals surface area contributed by atoms with Crippen molar-refractivity contribution in [3.63, 3.8) is 0 Å². The maximum Gasteiger partial charge on any atom is 0.123 e. The molecule has 0 aliphatic rings. The number of halogens is 2. The van der Waals surface area contributed by atoms with Crippen LogP contribution < -0.4 is 0 Å². The van der Waals surface area contributed by atoms with Gasteiger partial charge >= 0.3 is 0 Å². The number of rotatable bonds is 2. The van der Waals surface area contributed by atoms with Crippen LogP contribution in [0.2, 0.25) is 0 Å². The Labute approximate surface area is 122 Å². The second-order valence-corrected chi connectivity index (χ2v) is 6.15. The van der Waals surface area contributed by atoms with Crippen molar-refractivity contribution >= 4 is 15.9 Å². The van der Waals surface area contributed by atoms with Crippen LogP contribution in [-0.2, 0) is 0 Å². The van der Waals surface area contributed by atoms with Crippen molar-refractivity contribution in [2.75, 3.05) is 0 Å². The number of alkyl halides is 1. The molecule has 0 saturated heterocycles. The Morgan fingerprint density at radius 2 is 1.37 bits per heavy atom. The normalized spacial score (nSPS) is 12.5. The highest BCUT2D eigenvalue weighted by molar-refractivity contribution is 9.09. The highest BCUT2D eigenvalue weighted by Crippen LogP contribution is 2.36. The highest BCUT2D eigenvalue weighted by atomic mass is 79.9. The van der Waals surface area contributed by atoms with E-state index in [2.05, 4.69) is 48.8 Å². The summed E-state index contributed by atoms with van der Waals surface area (Å²) in [5.74, 6) is -0.179. The van der Waals surface area contributed by atoms with Crippen LogP contribution in [0, 0.1) is 33.5 Å². The van der Waals surface area contributed by atoms with E-state index in [1.165, 1.54) is 22.3 Å². The van der Waals surface area contributed by atoms with Gasteiger partial charge in [-0.25, -0.2) is 4.39 Å². The molecule has 1 atom stereocenters. The maximum atomic E-state index is 13.5. The van der Waals surface area contributed by atoms with Gasteiger partial charge in [-0.05, 0) is 67.6 Å². The molecule has 19 heavy (non-hydrogen) atoms. The lowest BCUT2D eigenvalue weighted by molar-refractivity contribution is 0.624. The van der Waals surface area contributed by atoms with Crippen LogP contribution >= 0.6 is 15.9 Å². The Hall–Kier alpha value is -1.15. The fraction of sp³-hybridized carbons (Fsp3) is 0.294. The minimum Gasteiger partial charge on any atom is -0.207 e. The topological polar surface area (TPSA) is 0 Å². The molecular weight excluding hydrogens is 303 g/mol. The van der Waals surface area contributed by atoms with E-state index in [9.17, 15) is 4.39 Å².